The summed E-state index contributed by atoms with van der Waals surface area (Å²) < 4.78 is 12.2. The largest absolute Gasteiger partial charge is 0.370 e. The third-order valence-electron chi connectivity index (χ3n) is 3.72. The Hall–Kier alpha value is -2.22. The molecule has 1 aliphatic heterocycles. The smallest absolute Gasteiger partial charge is 0.275 e. The van der Waals surface area contributed by atoms with Crippen molar-refractivity contribution >= 4 is 5.91 Å². The van der Waals surface area contributed by atoms with E-state index in [2.05, 4.69) is 25.2 Å². The van der Waals surface area contributed by atoms with Crippen LogP contribution >= 0.6 is 0 Å². The summed E-state index contributed by atoms with van der Waals surface area (Å²) in [6, 6.07) is 0. The van der Waals surface area contributed by atoms with E-state index in [1.54, 1.807) is 13.1 Å². The number of aromatic nitrogens is 4. The maximum Gasteiger partial charge on any atom is 0.275 e. The molecule has 1 aliphatic rings. The molecule has 3 heterocycles. The summed E-state index contributed by atoms with van der Waals surface area (Å²) in [5.74, 6) is 0.792. The lowest BCUT2D eigenvalue weighted by molar-refractivity contribution is 0.0777. The number of ether oxygens (including phenoxy) is 1. The number of imidazole rings is 1. The number of carbonyl (C=O) groups excluding carboxylic acids is 1. The fraction of sp³-hybridized carbons (Fsp3) is 0.538. The van der Waals surface area contributed by atoms with Crippen LogP contribution in [0.4, 0.5) is 0 Å². The van der Waals surface area contributed by atoms with Crippen LogP contribution in [-0.4, -0.2) is 38.9 Å². The molecule has 1 saturated heterocycles. The second kappa shape index (κ2) is 5.65. The van der Waals surface area contributed by atoms with Crippen molar-refractivity contribution in [3.8, 4) is 0 Å². The Labute approximate surface area is 121 Å². The number of carbonyl (C=O) groups is 1. The van der Waals surface area contributed by atoms with Crippen LogP contribution in [0.3, 0.4) is 0 Å². The maximum atomic E-state index is 12.0. The monoisotopic (exact) mass is 291 g/mol. The highest BCUT2D eigenvalue weighted by molar-refractivity contribution is 5.92. The van der Waals surface area contributed by atoms with Gasteiger partial charge in [0, 0.05) is 38.5 Å². The molecule has 112 valence electrons. The standard InChI is InChI=1S/C13H17N5O3/c1-8-10(17-21-16-8)13(19)15-7-9-3-6-20-11(9)12-14-4-5-18(12)2/h4-5,9,11H,3,6-7H2,1-2H3,(H,15,19)/t9-,11+/m0/s1. The zero-order valence-corrected chi connectivity index (χ0v) is 11.9. The second-order valence-electron chi connectivity index (χ2n) is 5.14. The van der Waals surface area contributed by atoms with E-state index in [0.29, 0.717) is 18.8 Å². The molecule has 1 amide bonds. The number of hydrogen-bond donors (Lipinski definition) is 1. The van der Waals surface area contributed by atoms with Crippen LogP contribution in [0, 0.1) is 12.8 Å². The van der Waals surface area contributed by atoms with E-state index in [1.165, 1.54) is 0 Å². The molecule has 1 N–H and O–H groups in total. The molecule has 1 fully saturated rings. The van der Waals surface area contributed by atoms with Crippen molar-refractivity contribution in [3.05, 3.63) is 29.6 Å². The van der Waals surface area contributed by atoms with Crippen molar-refractivity contribution < 1.29 is 14.2 Å². The van der Waals surface area contributed by atoms with Crippen LogP contribution < -0.4 is 5.32 Å². The second-order valence-corrected chi connectivity index (χ2v) is 5.14. The minimum atomic E-state index is -0.278. The number of amides is 1. The number of nitrogens with zero attached hydrogens (tertiary/aromatic N) is 4. The van der Waals surface area contributed by atoms with E-state index < -0.39 is 0 Å². The van der Waals surface area contributed by atoms with Gasteiger partial charge in [0.2, 0.25) is 0 Å². The lowest BCUT2D eigenvalue weighted by Gasteiger charge is -2.18. The third-order valence-corrected chi connectivity index (χ3v) is 3.72. The summed E-state index contributed by atoms with van der Waals surface area (Å²) in [6.45, 7) is 2.85. The average Bonchev–Trinajstić information content (AvgIpc) is 3.16. The molecule has 0 bridgehead atoms. The Morgan fingerprint density at radius 2 is 2.38 bits per heavy atom. The summed E-state index contributed by atoms with van der Waals surface area (Å²) in [5, 5.41) is 10.1. The zero-order valence-electron chi connectivity index (χ0n) is 11.9. The minimum Gasteiger partial charge on any atom is -0.370 e. The fourth-order valence-electron chi connectivity index (χ4n) is 2.52. The van der Waals surface area contributed by atoms with Crippen LogP contribution in [0.5, 0.6) is 0 Å². The highest BCUT2D eigenvalue weighted by Crippen LogP contribution is 2.32. The first kappa shape index (κ1) is 13.7. The minimum absolute atomic E-state index is 0.0955. The van der Waals surface area contributed by atoms with Crippen molar-refractivity contribution in [3.63, 3.8) is 0 Å². The number of aryl methyl sites for hydroxylation is 2. The molecule has 0 saturated carbocycles. The third kappa shape index (κ3) is 2.66. The molecule has 0 aromatic carbocycles. The molecule has 0 unspecified atom stereocenters. The quantitative estimate of drug-likeness (QED) is 0.887. The number of nitrogens with one attached hydrogen (secondary N) is 1. The molecular weight excluding hydrogens is 274 g/mol. The van der Waals surface area contributed by atoms with Gasteiger partial charge in [-0.2, -0.15) is 0 Å². The molecule has 8 heteroatoms. The normalized spacial score (nSPS) is 21.6. The van der Waals surface area contributed by atoms with Crippen LogP contribution in [0.15, 0.2) is 17.0 Å². The number of rotatable bonds is 4. The van der Waals surface area contributed by atoms with Gasteiger partial charge in [-0.25, -0.2) is 9.61 Å². The van der Waals surface area contributed by atoms with Crippen molar-refractivity contribution in [2.24, 2.45) is 13.0 Å². The summed E-state index contributed by atoms with van der Waals surface area (Å²) in [4.78, 5) is 16.3. The van der Waals surface area contributed by atoms with Gasteiger partial charge in [-0.05, 0) is 18.5 Å². The van der Waals surface area contributed by atoms with Gasteiger partial charge in [0.15, 0.2) is 5.69 Å². The SMILES string of the molecule is Cc1nonc1C(=O)NC[C@@H]1CCO[C@H]1c1nccn1C. The first-order valence-corrected chi connectivity index (χ1v) is 6.83. The van der Waals surface area contributed by atoms with Crippen LogP contribution in [0.25, 0.3) is 0 Å². The number of hydrogen-bond acceptors (Lipinski definition) is 6. The summed E-state index contributed by atoms with van der Waals surface area (Å²) >= 11 is 0. The van der Waals surface area contributed by atoms with Gasteiger partial charge >= 0.3 is 0 Å². The van der Waals surface area contributed by atoms with Gasteiger partial charge in [0.05, 0.1) is 0 Å². The lowest BCUT2D eigenvalue weighted by Crippen LogP contribution is -2.31. The van der Waals surface area contributed by atoms with Crippen LogP contribution in [-0.2, 0) is 11.8 Å². The van der Waals surface area contributed by atoms with E-state index in [-0.39, 0.29) is 23.6 Å². The van der Waals surface area contributed by atoms with Crippen molar-refractivity contribution in [2.75, 3.05) is 13.2 Å². The fourth-order valence-corrected chi connectivity index (χ4v) is 2.52. The molecule has 2 atom stereocenters. The van der Waals surface area contributed by atoms with Gasteiger partial charge in [-0.1, -0.05) is 5.16 Å². The highest BCUT2D eigenvalue weighted by atomic mass is 16.6. The molecule has 0 radical (unpaired) electrons. The Morgan fingerprint density at radius 1 is 1.52 bits per heavy atom. The van der Waals surface area contributed by atoms with Gasteiger partial charge in [-0.15, -0.1) is 0 Å². The molecule has 21 heavy (non-hydrogen) atoms. The summed E-state index contributed by atoms with van der Waals surface area (Å²) in [5.41, 5.74) is 0.707. The first-order chi connectivity index (χ1) is 10.2. The Balaban J connectivity index is 1.64. The van der Waals surface area contributed by atoms with Crippen LogP contribution in [0.1, 0.15) is 34.5 Å². The molecule has 2 aromatic heterocycles. The summed E-state index contributed by atoms with van der Waals surface area (Å²) in [7, 11) is 1.93. The van der Waals surface area contributed by atoms with Crippen molar-refractivity contribution in [1.29, 1.82) is 0 Å². The highest BCUT2D eigenvalue weighted by Gasteiger charge is 2.32. The van der Waals surface area contributed by atoms with E-state index in [9.17, 15) is 4.79 Å². The molecule has 0 aliphatic carbocycles. The van der Waals surface area contributed by atoms with Gasteiger partial charge < -0.3 is 14.6 Å². The molecule has 8 nitrogen and oxygen atoms in total. The van der Waals surface area contributed by atoms with Crippen LogP contribution in [0.2, 0.25) is 0 Å². The summed E-state index contributed by atoms with van der Waals surface area (Å²) in [6.07, 6.45) is 4.42. The molecular formula is C13H17N5O3. The predicted octanol–water partition coefficient (Wildman–Crippen LogP) is 0.619. The predicted molar refractivity (Wildman–Crippen MR) is 71.4 cm³/mol. The van der Waals surface area contributed by atoms with E-state index >= 15 is 0 Å². The first-order valence-electron chi connectivity index (χ1n) is 6.83. The molecule has 3 rings (SSSR count). The Bertz CT molecular complexity index is 635. The Kier molecular flexibility index (Phi) is 3.70. The average molecular weight is 291 g/mol. The van der Waals surface area contributed by atoms with Gasteiger partial charge in [0.1, 0.15) is 17.6 Å². The Morgan fingerprint density at radius 3 is 3.05 bits per heavy atom. The van der Waals surface area contributed by atoms with Crippen molar-refractivity contribution in [1.82, 2.24) is 25.2 Å². The van der Waals surface area contributed by atoms with Crippen molar-refractivity contribution in [2.45, 2.75) is 19.4 Å². The molecule has 0 spiro atoms. The van der Waals surface area contributed by atoms with E-state index in [0.717, 1.165) is 12.2 Å². The topological polar surface area (TPSA) is 95.1 Å². The zero-order chi connectivity index (χ0) is 14.8. The lowest BCUT2D eigenvalue weighted by atomic mass is 10.0. The van der Waals surface area contributed by atoms with E-state index in [1.807, 2.05) is 17.8 Å². The van der Waals surface area contributed by atoms with Gasteiger partial charge in [-0.3, -0.25) is 4.79 Å². The van der Waals surface area contributed by atoms with Gasteiger partial charge in [0.25, 0.3) is 5.91 Å². The van der Waals surface area contributed by atoms with E-state index in [4.69, 9.17) is 4.74 Å². The maximum absolute atomic E-state index is 12.0. The molecule has 2 aromatic rings.